The molecule has 4 nitrogen and oxygen atoms in total. The molecule has 0 spiro atoms. The number of nitrogens with one attached hydrogen (secondary N) is 1. The van der Waals surface area contributed by atoms with E-state index in [1.165, 1.54) is 19.3 Å². The van der Waals surface area contributed by atoms with Crippen LogP contribution in [0.1, 0.15) is 66.6 Å². The molecule has 1 aliphatic carbocycles. The molecule has 2 rings (SSSR count). The minimum Gasteiger partial charge on any atom is -0.307 e. The number of hydrogen-bond donors (Lipinski definition) is 1. The minimum atomic E-state index is 0.422. The molecule has 1 heterocycles. The summed E-state index contributed by atoms with van der Waals surface area (Å²) in [4.78, 5) is 4.42. The lowest BCUT2D eigenvalue weighted by molar-refractivity contribution is 0.0840. The van der Waals surface area contributed by atoms with E-state index in [1.807, 2.05) is 4.68 Å². The van der Waals surface area contributed by atoms with Gasteiger partial charge in [-0.2, -0.15) is 5.10 Å². The Morgan fingerprint density at radius 3 is 2.43 bits per heavy atom. The Morgan fingerprint density at radius 1 is 1.24 bits per heavy atom. The smallest absolute Gasteiger partial charge is 0.140 e. The van der Waals surface area contributed by atoms with Crippen LogP contribution in [0.2, 0.25) is 0 Å². The molecule has 0 atom stereocenters. The molecule has 1 aliphatic rings. The maximum Gasteiger partial charge on any atom is 0.140 e. The maximum absolute atomic E-state index is 4.42. The average Bonchev–Trinajstić information content (AvgIpc) is 2.68. The summed E-state index contributed by atoms with van der Waals surface area (Å²) >= 11 is 0. The highest BCUT2D eigenvalue weighted by molar-refractivity contribution is 4.94. The predicted octanol–water partition coefficient (Wildman–Crippen LogP) is 3.63. The quantitative estimate of drug-likeness (QED) is 0.901. The van der Waals surface area contributed by atoms with E-state index in [-0.39, 0.29) is 0 Å². The third-order valence-corrected chi connectivity index (χ3v) is 4.34. The van der Waals surface area contributed by atoms with Gasteiger partial charge in [0.1, 0.15) is 12.2 Å². The summed E-state index contributed by atoms with van der Waals surface area (Å²) in [6, 6.07) is 0.577. The first-order chi connectivity index (χ1) is 9.67. The summed E-state index contributed by atoms with van der Waals surface area (Å²) in [6.07, 6.45) is 5.47. The highest BCUT2D eigenvalue weighted by atomic mass is 15.3. The van der Waals surface area contributed by atoms with Crippen molar-refractivity contribution >= 4 is 0 Å². The molecule has 0 unspecified atom stereocenters. The standard InChI is InChI=1S/C17H32N4/c1-13(2)10-21-15(19-12-20-21)9-18-14-7-16(3,4)11-17(5,6)8-14/h12-14,18H,7-11H2,1-6H3. The van der Waals surface area contributed by atoms with Crippen molar-refractivity contribution < 1.29 is 0 Å². The van der Waals surface area contributed by atoms with Crippen LogP contribution in [0, 0.1) is 16.7 Å². The minimum absolute atomic E-state index is 0.422. The van der Waals surface area contributed by atoms with Gasteiger partial charge in [-0.15, -0.1) is 0 Å². The van der Waals surface area contributed by atoms with Gasteiger partial charge in [0.15, 0.2) is 0 Å². The Labute approximate surface area is 129 Å². The van der Waals surface area contributed by atoms with Crippen molar-refractivity contribution in [3.8, 4) is 0 Å². The van der Waals surface area contributed by atoms with Crippen LogP contribution in [0.25, 0.3) is 0 Å². The van der Waals surface area contributed by atoms with Gasteiger partial charge in [0.05, 0.1) is 6.54 Å². The molecule has 0 bridgehead atoms. The lowest BCUT2D eigenvalue weighted by Gasteiger charge is -2.45. The number of rotatable bonds is 5. The van der Waals surface area contributed by atoms with Gasteiger partial charge in [-0.3, -0.25) is 0 Å². The first kappa shape index (κ1) is 16.5. The van der Waals surface area contributed by atoms with Crippen molar-refractivity contribution in [2.75, 3.05) is 0 Å². The molecule has 1 aromatic rings. The molecule has 120 valence electrons. The van der Waals surface area contributed by atoms with Crippen LogP contribution in [0.4, 0.5) is 0 Å². The van der Waals surface area contributed by atoms with Gasteiger partial charge in [-0.05, 0) is 36.0 Å². The topological polar surface area (TPSA) is 42.7 Å². The number of hydrogen-bond acceptors (Lipinski definition) is 3. The Kier molecular flexibility index (Phi) is 4.76. The lowest BCUT2D eigenvalue weighted by atomic mass is 9.63. The van der Waals surface area contributed by atoms with Crippen molar-refractivity contribution in [3.05, 3.63) is 12.2 Å². The average molecular weight is 292 g/mol. The van der Waals surface area contributed by atoms with Gasteiger partial charge >= 0.3 is 0 Å². The molecule has 1 fully saturated rings. The van der Waals surface area contributed by atoms with Crippen molar-refractivity contribution in [2.24, 2.45) is 16.7 Å². The molecular formula is C17H32N4. The van der Waals surface area contributed by atoms with Crippen LogP contribution < -0.4 is 5.32 Å². The van der Waals surface area contributed by atoms with E-state index in [2.05, 4.69) is 56.9 Å². The SMILES string of the molecule is CC(C)Cn1ncnc1CNC1CC(C)(C)CC(C)(C)C1. The van der Waals surface area contributed by atoms with Crippen LogP contribution in [-0.4, -0.2) is 20.8 Å². The fourth-order valence-electron chi connectivity index (χ4n) is 4.15. The van der Waals surface area contributed by atoms with Gasteiger partial charge in [0.25, 0.3) is 0 Å². The molecular weight excluding hydrogens is 260 g/mol. The van der Waals surface area contributed by atoms with E-state index in [4.69, 9.17) is 0 Å². The summed E-state index contributed by atoms with van der Waals surface area (Å²) in [7, 11) is 0. The van der Waals surface area contributed by atoms with Crippen LogP contribution in [0.3, 0.4) is 0 Å². The number of aromatic nitrogens is 3. The molecule has 0 amide bonds. The second-order valence-corrected chi connectivity index (χ2v) is 8.74. The molecule has 1 saturated carbocycles. The summed E-state index contributed by atoms with van der Waals surface area (Å²) in [5.41, 5.74) is 0.843. The first-order valence-electron chi connectivity index (χ1n) is 8.27. The highest BCUT2D eigenvalue weighted by Gasteiger charge is 2.38. The Bertz CT molecular complexity index is 443. The van der Waals surface area contributed by atoms with Crippen LogP contribution in [0.15, 0.2) is 6.33 Å². The van der Waals surface area contributed by atoms with Gasteiger partial charge in [-0.1, -0.05) is 41.5 Å². The van der Waals surface area contributed by atoms with Crippen LogP contribution in [0.5, 0.6) is 0 Å². The van der Waals surface area contributed by atoms with E-state index < -0.39 is 0 Å². The van der Waals surface area contributed by atoms with Gasteiger partial charge < -0.3 is 5.32 Å². The van der Waals surface area contributed by atoms with E-state index >= 15 is 0 Å². The van der Waals surface area contributed by atoms with Crippen molar-refractivity contribution in [2.45, 2.75) is 79.9 Å². The lowest BCUT2D eigenvalue weighted by Crippen LogP contribution is -2.43. The summed E-state index contributed by atoms with van der Waals surface area (Å²) < 4.78 is 2.04. The van der Waals surface area contributed by atoms with Gasteiger partial charge in [-0.25, -0.2) is 9.67 Å². The van der Waals surface area contributed by atoms with Crippen LogP contribution >= 0.6 is 0 Å². The summed E-state index contributed by atoms with van der Waals surface area (Å²) in [5.74, 6) is 1.66. The zero-order chi connectivity index (χ0) is 15.7. The molecule has 0 aliphatic heterocycles. The Balaban J connectivity index is 1.95. The monoisotopic (exact) mass is 292 g/mol. The maximum atomic E-state index is 4.42. The third kappa shape index (κ3) is 4.80. The van der Waals surface area contributed by atoms with E-state index in [0.717, 1.165) is 18.9 Å². The zero-order valence-corrected chi connectivity index (χ0v) is 14.6. The molecule has 21 heavy (non-hydrogen) atoms. The van der Waals surface area contributed by atoms with Crippen molar-refractivity contribution in [3.63, 3.8) is 0 Å². The largest absolute Gasteiger partial charge is 0.307 e. The molecule has 4 heteroatoms. The normalized spacial score (nSPS) is 21.9. The Hall–Kier alpha value is -0.900. The molecule has 0 radical (unpaired) electrons. The van der Waals surface area contributed by atoms with Crippen molar-refractivity contribution in [1.29, 1.82) is 0 Å². The third-order valence-electron chi connectivity index (χ3n) is 4.34. The second-order valence-electron chi connectivity index (χ2n) is 8.74. The van der Waals surface area contributed by atoms with E-state index in [0.29, 0.717) is 22.8 Å². The number of nitrogens with zero attached hydrogens (tertiary/aromatic N) is 3. The zero-order valence-electron chi connectivity index (χ0n) is 14.6. The summed E-state index contributed by atoms with van der Waals surface area (Å²) in [5, 5.41) is 8.07. The predicted molar refractivity (Wildman–Crippen MR) is 86.9 cm³/mol. The van der Waals surface area contributed by atoms with Crippen molar-refractivity contribution in [1.82, 2.24) is 20.1 Å². The van der Waals surface area contributed by atoms with Gasteiger partial charge in [0, 0.05) is 12.6 Å². The second kappa shape index (κ2) is 6.07. The molecule has 1 N–H and O–H groups in total. The summed E-state index contributed by atoms with van der Waals surface area (Å²) in [6.45, 7) is 15.8. The Morgan fingerprint density at radius 2 is 1.86 bits per heavy atom. The van der Waals surface area contributed by atoms with Gasteiger partial charge in [0.2, 0.25) is 0 Å². The molecule has 0 saturated heterocycles. The fraction of sp³-hybridized carbons (Fsp3) is 0.882. The van der Waals surface area contributed by atoms with Crippen LogP contribution in [-0.2, 0) is 13.1 Å². The first-order valence-corrected chi connectivity index (χ1v) is 8.27. The van der Waals surface area contributed by atoms with E-state index in [9.17, 15) is 0 Å². The molecule has 1 aromatic heterocycles. The molecule has 0 aromatic carbocycles. The fourth-order valence-corrected chi connectivity index (χ4v) is 4.15. The van der Waals surface area contributed by atoms with E-state index in [1.54, 1.807) is 6.33 Å². The highest BCUT2D eigenvalue weighted by Crippen LogP contribution is 2.45.